The van der Waals surface area contributed by atoms with Crippen LogP contribution in [0.3, 0.4) is 0 Å². The summed E-state index contributed by atoms with van der Waals surface area (Å²) in [7, 11) is 0. The van der Waals surface area contributed by atoms with Crippen molar-refractivity contribution in [3.05, 3.63) is 180 Å². The van der Waals surface area contributed by atoms with Crippen LogP contribution in [0, 0.1) is 37.5 Å². The third kappa shape index (κ3) is 8.93. The maximum Gasteiger partial charge on any atom is 0 e. The van der Waals surface area contributed by atoms with Crippen LogP contribution in [0.5, 0.6) is 0 Å². The number of benzene rings is 6. The predicted octanol–water partition coefficient (Wildman–Crippen LogP) is 15.4. The molecule has 1 radical (unpaired) electrons. The van der Waals surface area contributed by atoms with Crippen molar-refractivity contribution in [2.75, 3.05) is 0 Å². The topological polar surface area (TPSA) is 69.6 Å². The smallest absolute Gasteiger partial charge is 0 e. The number of nitrogens with zero attached hydrogens (tertiary/aromatic N) is 5. The Kier molecular flexibility index (Phi) is 12.0. The standard InChI is InChI=1S/C44H34FN4O.C15H17FGeN.Ir/c1-24(2)32-21-28(27-11-7-6-8-12-27)22-33(25(3)4)40(32)49-41-30-18-17-26(5)46-38(30)19-20-39(41)47-43(49)31-14-9-13-29-34-23-35-36(45)15-10-16-37(35)48-44(34)50-42(29)31;1-11-5-7-13(14(16)9-11)15-8-6-12(10-18-15)17(2,3)4;/h6-13,15-25H,1-5H3;5-6,8-10H,1-4H3;/q2*-1;/i;1D3;. The molecule has 69 heavy (non-hydrogen) atoms. The first-order valence-electron chi connectivity index (χ1n) is 24.4. The Morgan fingerprint density at radius 1 is 0.667 bits per heavy atom. The monoisotopic (exact) mass is 1150 g/mol. The van der Waals surface area contributed by atoms with Crippen LogP contribution in [0.25, 0.3) is 94.4 Å². The summed E-state index contributed by atoms with van der Waals surface area (Å²) >= 11 is -1.94. The van der Waals surface area contributed by atoms with E-state index in [0.717, 1.165) is 50.2 Å². The molecular weight excluding hydrogens is 1100 g/mol. The van der Waals surface area contributed by atoms with Gasteiger partial charge >= 0.3 is 114 Å². The Labute approximate surface area is 421 Å². The molecule has 0 saturated heterocycles. The minimum atomic E-state index is -2.33. The number of fused-ring (bicyclic) bond motifs is 7. The van der Waals surface area contributed by atoms with Crippen molar-refractivity contribution < 1.29 is 37.4 Å². The van der Waals surface area contributed by atoms with E-state index in [-0.39, 0.29) is 48.9 Å². The summed E-state index contributed by atoms with van der Waals surface area (Å²) in [4.78, 5) is 19.3. The maximum atomic E-state index is 14.9. The number of imidazole rings is 1. The number of pyridine rings is 3. The number of aryl methyl sites for hydroxylation is 2. The summed E-state index contributed by atoms with van der Waals surface area (Å²) in [6.45, 7) is 8.69. The third-order valence-corrected chi connectivity index (χ3v) is 16.8. The second-order valence-corrected chi connectivity index (χ2v) is 29.7. The third-order valence-electron chi connectivity index (χ3n) is 12.6. The molecule has 0 bridgehead atoms. The van der Waals surface area contributed by atoms with E-state index in [1.54, 1.807) is 24.4 Å². The summed E-state index contributed by atoms with van der Waals surface area (Å²) in [5, 5.41) is 3.06. The van der Waals surface area contributed by atoms with Gasteiger partial charge in [-0.15, -0.1) is 18.2 Å². The first-order valence-corrected chi connectivity index (χ1v) is 30.2. The van der Waals surface area contributed by atoms with Crippen LogP contribution in [0.1, 0.15) is 66.0 Å². The second-order valence-electron chi connectivity index (χ2n) is 19.0. The molecule has 0 saturated carbocycles. The van der Waals surface area contributed by atoms with E-state index in [1.807, 2.05) is 37.3 Å². The van der Waals surface area contributed by atoms with Gasteiger partial charge in [0.2, 0.25) is 5.71 Å². The van der Waals surface area contributed by atoms with Crippen LogP contribution in [0.4, 0.5) is 8.78 Å². The fourth-order valence-electron chi connectivity index (χ4n) is 9.00. The first kappa shape index (κ1) is 43.9. The zero-order valence-corrected chi connectivity index (χ0v) is 44.1. The Bertz CT molecular complexity index is 3820. The fraction of sp³-hybridized carbons (Fsp3) is 0.186. The largest absolute Gasteiger partial charge is 0 e. The molecule has 5 aromatic heterocycles. The average molecular weight is 1150 g/mol. The number of furan rings is 1. The Morgan fingerprint density at radius 3 is 2.09 bits per heavy atom. The molecule has 11 rings (SSSR count). The molecule has 0 fully saturated rings. The van der Waals surface area contributed by atoms with Crippen LogP contribution < -0.4 is 4.40 Å². The van der Waals surface area contributed by atoms with E-state index in [9.17, 15) is 8.78 Å². The minimum Gasteiger partial charge on any atom is 0 e. The van der Waals surface area contributed by atoms with Gasteiger partial charge in [0.1, 0.15) is 5.82 Å². The van der Waals surface area contributed by atoms with Crippen LogP contribution in [-0.4, -0.2) is 37.8 Å². The van der Waals surface area contributed by atoms with E-state index in [0.29, 0.717) is 39.3 Å². The molecule has 10 heteroatoms. The van der Waals surface area contributed by atoms with Gasteiger partial charge in [0.05, 0.1) is 33.5 Å². The van der Waals surface area contributed by atoms with Crippen LogP contribution in [0.2, 0.25) is 17.3 Å². The van der Waals surface area contributed by atoms with Gasteiger partial charge in [0.25, 0.3) is 0 Å². The summed E-state index contributed by atoms with van der Waals surface area (Å²) < 4.78 is 61.0. The van der Waals surface area contributed by atoms with Gasteiger partial charge in [-0.3, -0.25) is 9.97 Å². The SMILES string of the molecule is Cc1ccc2c(ccc3nc(-c4[c-]ccc5c4oc4nc6cccc(F)c6cc45)n(-c4c(C(C)C)cc(-c5ccccc5)cc4C(C)C)c32)n1.[2H]C([2H])([2H])c1c[c-]c(-c2cc[c]([Ge]([CH3])([CH3])[CH3])cn2)c(F)c1.[Ir]. The van der Waals surface area contributed by atoms with Gasteiger partial charge in [0.15, 0.2) is 0 Å². The Balaban J connectivity index is 0.000000245. The van der Waals surface area contributed by atoms with Gasteiger partial charge in [0, 0.05) is 47.6 Å². The summed E-state index contributed by atoms with van der Waals surface area (Å²) in [5.41, 5.74) is 12.5. The molecule has 5 heterocycles. The normalized spacial score (nSPS) is 12.7. The van der Waals surface area contributed by atoms with Gasteiger partial charge in [-0.1, -0.05) is 75.0 Å². The zero-order valence-electron chi connectivity index (χ0n) is 42.6. The fourth-order valence-corrected chi connectivity index (χ4v) is 11.2. The van der Waals surface area contributed by atoms with Crippen molar-refractivity contribution in [1.29, 1.82) is 0 Å². The molecule has 347 valence electrons. The van der Waals surface area contributed by atoms with Crippen molar-refractivity contribution >= 4 is 72.6 Å². The number of hydrogen-bond donors (Lipinski definition) is 0. The van der Waals surface area contributed by atoms with E-state index < -0.39 is 25.9 Å². The second kappa shape index (κ2) is 18.8. The Hall–Kier alpha value is -6.39. The predicted molar refractivity (Wildman–Crippen MR) is 278 cm³/mol. The van der Waals surface area contributed by atoms with Crippen molar-refractivity contribution in [2.45, 2.75) is 70.6 Å². The van der Waals surface area contributed by atoms with Gasteiger partial charge in [-0.25, -0.2) is 9.37 Å². The first-order chi connectivity index (χ1) is 33.8. The van der Waals surface area contributed by atoms with Crippen molar-refractivity contribution in [1.82, 2.24) is 24.5 Å². The summed E-state index contributed by atoms with van der Waals surface area (Å²) in [6.07, 6.45) is 1.79. The molecule has 0 aliphatic carbocycles. The molecule has 6 nitrogen and oxygen atoms in total. The minimum absolute atomic E-state index is 0. The number of rotatable bonds is 7. The molecular formula is C59H51F2GeIrN5O-2. The quantitative estimate of drug-likeness (QED) is 0.117. The maximum absolute atomic E-state index is 14.9. The van der Waals surface area contributed by atoms with Gasteiger partial charge < -0.3 is 8.98 Å². The molecule has 0 spiro atoms. The van der Waals surface area contributed by atoms with E-state index in [2.05, 4.69) is 127 Å². The summed E-state index contributed by atoms with van der Waals surface area (Å²) in [6, 6.07) is 46.5. The number of halogens is 2. The molecule has 6 aromatic carbocycles. The van der Waals surface area contributed by atoms with Crippen molar-refractivity contribution in [3.63, 3.8) is 0 Å². The number of aromatic nitrogens is 5. The summed E-state index contributed by atoms with van der Waals surface area (Å²) in [5.74, 6) is 6.96. The molecule has 0 aliphatic rings. The van der Waals surface area contributed by atoms with E-state index >= 15 is 0 Å². The van der Waals surface area contributed by atoms with Crippen molar-refractivity contribution in [3.8, 4) is 39.5 Å². The van der Waals surface area contributed by atoms with Gasteiger partial charge in [-0.05, 0) is 95.6 Å². The molecule has 0 aliphatic heterocycles. The van der Waals surface area contributed by atoms with Crippen LogP contribution in [-0.2, 0) is 20.1 Å². The van der Waals surface area contributed by atoms with Crippen LogP contribution in [0.15, 0.2) is 138 Å². The molecule has 0 N–H and O–H groups in total. The molecule has 11 aromatic rings. The Morgan fingerprint density at radius 2 is 1.41 bits per heavy atom. The average Bonchev–Trinajstić information content (AvgIpc) is 3.91. The van der Waals surface area contributed by atoms with E-state index in [4.69, 9.17) is 23.5 Å². The van der Waals surface area contributed by atoms with Crippen molar-refractivity contribution in [2.24, 2.45) is 0 Å². The molecule has 0 unspecified atom stereocenters. The van der Waals surface area contributed by atoms with Gasteiger partial charge in [-0.2, -0.15) is 0 Å². The molecule has 0 atom stereocenters. The van der Waals surface area contributed by atoms with Crippen LogP contribution >= 0.6 is 0 Å². The molecule has 0 amide bonds. The van der Waals surface area contributed by atoms with E-state index in [1.165, 1.54) is 38.8 Å². The zero-order chi connectivity index (χ0) is 50.1. The number of hydrogen-bond acceptors (Lipinski definition) is 5.